The summed E-state index contributed by atoms with van der Waals surface area (Å²) in [5, 5.41) is 1.50. The SMILES string of the molecule is CNS(=O)(=O)C1CCN(C(=O)Nc2cccc(C(F)(F)F)n2)C1. The predicted octanol–water partition coefficient (Wildman–Crippen LogP) is 1.26. The molecule has 1 unspecified atom stereocenters. The second-order valence-corrected chi connectivity index (χ2v) is 7.11. The van der Waals surface area contributed by atoms with Gasteiger partial charge >= 0.3 is 12.2 Å². The number of alkyl halides is 3. The van der Waals surface area contributed by atoms with Gasteiger partial charge in [0.05, 0.1) is 5.25 Å². The van der Waals surface area contributed by atoms with Gasteiger partial charge in [0, 0.05) is 13.1 Å². The van der Waals surface area contributed by atoms with E-state index in [2.05, 4.69) is 15.0 Å². The number of likely N-dealkylation sites (tertiary alicyclic amines) is 1. The Morgan fingerprint density at radius 1 is 1.39 bits per heavy atom. The van der Waals surface area contributed by atoms with Crippen molar-refractivity contribution in [2.45, 2.75) is 17.8 Å². The first-order valence-electron chi connectivity index (χ1n) is 6.66. The summed E-state index contributed by atoms with van der Waals surface area (Å²) >= 11 is 0. The molecule has 1 saturated heterocycles. The summed E-state index contributed by atoms with van der Waals surface area (Å²) in [6.45, 7) is 0.157. The van der Waals surface area contributed by atoms with E-state index in [0.29, 0.717) is 0 Å². The zero-order valence-corrected chi connectivity index (χ0v) is 12.9. The van der Waals surface area contributed by atoms with Crippen LogP contribution in [0.15, 0.2) is 18.2 Å². The fraction of sp³-hybridized carbons (Fsp3) is 0.500. The molecule has 2 amide bonds. The number of nitrogens with zero attached hydrogens (tertiary/aromatic N) is 2. The number of nitrogens with one attached hydrogen (secondary N) is 2. The highest BCUT2D eigenvalue weighted by atomic mass is 32.2. The van der Waals surface area contributed by atoms with Gasteiger partial charge in [-0.25, -0.2) is 22.9 Å². The fourth-order valence-electron chi connectivity index (χ4n) is 2.18. The molecule has 11 heteroatoms. The van der Waals surface area contributed by atoms with Crippen LogP contribution in [-0.4, -0.2) is 49.7 Å². The molecule has 7 nitrogen and oxygen atoms in total. The largest absolute Gasteiger partial charge is 0.433 e. The van der Waals surface area contributed by atoms with Crippen LogP contribution in [0.1, 0.15) is 12.1 Å². The van der Waals surface area contributed by atoms with Crippen molar-refractivity contribution in [3.8, 4) is 0 Å². The number of sulfonamides is 1. The van der Waals surface area contributed by atoms with Gasteiger partial charge < -0.3 is 4.90 Å². The molecular formula is C12H15F3N4O3S. The quantitative estimate of drug-likeness (QED) is 0.857. The summed E-state index contributed by atoms with van der Waals surface area (Å²) in [4.78, 5) is 16.6. The number of halogens is 3. The van der Waals surface area contributed by atoms with Crippen LogP contribution in [-0.2, 0) is 16.2 Å². The van der Waals surface area contributed by atoms with E-state index in [0.717, 1.165) is 12.1 Å². The molecule has 1 fully saturated rings. The van der Waals surface area contributed by atoms with Crippen molar-refractivity contribution in [3.05, 3.63) is 23.9 Å². The first-order valence-corrected chi connectivity index (χ1v) is 8.20. The minimum absolute atomic E-state index is 0.0338. The van der Waals surface area contributed by atoms with Gasteiger partial charge in [0.25, 0.3) is 0 Å². The van der Waals surface area contributed by atoms with E-state index in [9.17, 15) is 26.4 Å². The number of aromatic nitrogens is 1. The van der Waals surface area contributed by atoms with Crippen molar-refractivity contribution in [2.24, 2.45) is 0 Å². The highest BCUT2D eigenvalue weighted by Crippen LogP contribution is 2.28. The highest BCUT2D eigenvalue weighted by molar-refractivity contribution is 7.90. The summed E-state index contributed by atoms with van der Waals surface area (Å²) in [6, 6.07) is 2.46. The molecule has 128 valence electrons. The smallest absolute Gasteiger partial charge is 0.323 e. The summed E-state index contributed by atoms with van der Waals surface area (Å²) < 4.78 is 63.3. The van der Waals surface area contributed by atoms with Crippen molar-refractivity contribution in [1.82, 2.24) is 14.6 Å². The van der Waals surface area contributed by atoms with Crippen molar-refractivity contribution in [3.63, 3.8) is 0 Å². The molecule has 2 rings (SSSR count). The van der Waals surface area contributed by atoms with E-state index >= 15 is 0 Å². The number of rotatable bonds is 3. The van der Waals surface area contributed by atoms with Crippen molar-refractivity contribution >= 4 is 21.9 Å². The summed E-state index contributed by atoms with van der Waals surface area (Å²) in [7, 11) is -2.22. The third-order valence-electron chi connectivity index (χ3n) is 3.43. The van der Waals surface area contributed by atoms with E-state index < -0.39 is 33.2 Å². The number of urea groups is 1. The molecule has 0 spiro atoms. The lowest BCUT2D eigenvalue weighted by atomic mass is 10.3. The minimum Gasteiger partial charge on any atom is -0.323 e. The van der Waals surface area contributed by atoms with Gasteiger partial charge in [0.2, 0.25) is 10.0 Å². The monoisotopic (exact) mass is 352 g/mol. The van der Waals surface area contributed by atoms with E-state index in [4.69, 9.17) is 0 Å². The number of amides is 2. The van der Waals surface area contributed by atoms with Crippen LogP contribution in [0.2, 0.25) is 0 Å². The first kappa shape index (κ1) is 17.5. The molecule has 2 heterocycles. The Kier molecular flexibility index (Phi) is 4.80. The van der Waals surface area contributed by atoms with Gasteiger partial charge in [-0.1, -0.05) is 6.07 Å². The van der Waals surface area contributed by atoms with Crippen LogP contribution in [0.25, 0.3) is 0 Å². The molecule has 1 atom stereocenters. The molecule has 1 aromatic heterocycles. The maximum absolute atomic E-state index is 12.6. The first-order chi connectivity index (χ1) is 10.6. The van der Waals surface area contributed by atoms with Gasteiger partial charge in [0.15, 0.2) is 0 Å². The third-order valence-corrected chi connectivity index (χ3v) is 5.26. The summed E-state index contributed by atoms with van der Waals surface area (Å²) in [5.74, 6) is -0.246. The molecule has 0 radical (unpaired) electrons. The molecule has 0 bridgehead atoms. The molecular weight excluding hydrogens is 337 g/mol. The minimum atomic E-state index is -4.61. The molecule has 2 N–H and O–H groups in total. The lowest BCUT2D eigenvalue weighted by Gasteiger charge is -2.17. The maximum Gasteiger partial charge on any atom is 0.433 e. The van der Waals surface area contributed by atoms with Crippen LogP contribution in [0, 0.1) is 0 Å². The predicted molar refractivity (Wildman–Crippen MR) is 76.2 cm³/mol. The van der Waals surface area contributed by atoms with Gasteiger partial charge in [-0.2, -0.15) is 13.2 Å². The molecule has 0 aromatic carbocycles. The second kappa shape index (κ2) is 6.32. The molecule has 1 aromatic rings. The van der Waals surface area contributed by atoms with E-state index in [-0.39, 0.29) is 25.3 Å². The molecule has 0 aliphatic carbocycles. The number of anilines is 1. The number of hydrogen-bond acceptors (Lipinski definition) is 4. The lowest BCUT2D eigenvalue weighted by molar-refractivity contribution is -0.141. The van der Waals surface area contributed by atoms with E-state index in [1.807, 2.05) is 0 Å². The van der Waals surface area contributed by atoms with Crippen LogP contribution < -0.4 is 10.0 Å². The van der Waals surface area contributed by atoms with Crippen LogP contribution in [0.5, 0.6) is 0 Å². The number of pyridine rings is 1. The standard InChI is InChI=1S/C12H15F3N4O3S/c1-16-23(21,22)8-5-6-19(7-8)11(20)18-10-4-2-3-9(17-10)12(13,14)15/h2-4,8,16H,5-7H2,1H3,(H,17,18,20). The van der Waals surface area contributed by atoms with Gasteiger partial charge in [-0.15, -0.1) is 0 Å². The fourth-order valence-corrected chi connectivity index (χ4v) is 3.31. The van der Waals surface area contributed by atoms with E-state index in [1.165, 1.54) is 18.0 Å². The van der Waals surface area contributed by atoms with Crippen LogP contribution in [0.3, 0.4) is 0 Å². The molecule has 23 heavy (non-hydrogen) atoms. The average Bonchev–Trinajstić information content (AvgIpc) is 2.97. The van der Waals surface area contributed by atoms with Gasteiger partial charge in [0.1, 0.15) is 11.5 Å². The number of carbonyl (C=O) groups excluding carboxylic acids is 1. The summed E-state index contributed by atoms with van der Waals surface area (Å²) in [5.41, 5.74) is -1.12. The Morgan fingerprint density at radius 3 is 2.70 bits per heavy atom. The zero-order chi connectivity index (χ0) is 17.3. The Morgan fingerprint density at radius 2 is 2.09 bits per heavy atom. The van der Waals surface area contributed by atoms with Crippen molar-refractivity contribution in [2.75, 3.05) is 25.5 Å². The van der Waals surface area contributed by atoms with Crippen LogP contribution in [0.4, 0.5) is 23.8 Å². The van der Waals surface area contributed by atoms with Crippen molar-refractivity contribution < 1.29 is 26.4 Å². The van der Waals surface area contributed by atoms with Gasteiger partial charge in [-0.3, -0.25) is 5.32 Å². The van der Waals surface area contributed by atoms with E-state index in [1.54, 1.807) is 0 Å². The Balaban J connectivity index is 2.04. The van der Waals surface area contributed by atoms with Gasteiger partial charge in [-0.05, 0) is 25.6 Å². The molecule has 1 aliphatic rings. The number of hydrogen-bond donors (Lipinski definition) is 2. The maximum atomic E-state index is 12.6. The Hall–Kier alpha value is -1.88. The Labute approximate surface area is 130 Å². The highest BCUT2D eigenvalue weighted by Gasteiger charge is 2.35. The molecule has 1 aliphatic heterocycles. The second-order valence-electron chi connectivity index (χ2n) is 4.94. The number of carbonyl (C=O) groups is 1. The average molecular weight is 352 g/mol. The van der Waals surface area contributed by atoms with Crippen LogP contribution >= 0.6 is 0 Å². The topological polar surface area (TPSA) is 91.4 Å². The molecule has 0 saturated carbocycles. The third kappa shape index (κ3) is 4.10. The Bertz CT molecular complexity index is 693. The lowest BCUT2D eigenvalue weighted by Crippen LogP contribution is -2.38. The summed E-state index contributed by atoms with van der Waals surface area (Å²) in [6.07, 6.45) is -4.35. The normalized spacial score (nSPS) is 19.0. The van der Waals surface area contributed by atoms with Crippen molar-refractivity contribution in [1.29, 1.82) is 0 Å². The zero-order valence-electron chi connectivity index (χ0n) is 12.1.